The zero-order valence-corrected chi connectivity index (χ0v) is 13.2. The van der Waals surface area contributed by atoms with Gasteiger partial charge in [-0.05, 0) is 62.8 Å². The van der Waals surface area contributed by atoms with Gasteiger partial charge in [0.15, 0.2) is 5.82 Å². The van der Waals surface area contributed by atoms with E-state index in [1.807, 2.05) is 28.9 Å². The minimum atomic E-state index is -0.147. The number of aromatic nitrogens is 3. The SMILES string of the molecule is OC1CCC(c2nc(C3CC3)nn2-c2ccc(Cl)cc2)CC1. The first kappa shape index (κ1) is 14.2. The Kier molecular flexibility index (Phi) is 3.66. The van der Waals surface area contributed by atoms with Crippen LogP contribution in [0.4, 0.5) is 0 Å². The molecule has 0 amide bonds. The fraction of sp³-hybridized carbons (Fsp3) is 0.529. The first-order chi connectivity index (χ1) is 10.7. The van der Waals surface area contributed by atoms with Gasteiger partial charge in [-0.1, -0.05) is 11.6 Å². The second-order valence-corrected chi connectivity index (χ2v) is 6.93. The zero-order chi connectivity index (χ0) is 15.1. The molecule has 4 nitrogen and oxygen atoms in total. The number of aliphatic hydroxyl groups is 1. The Hall–Kier alpha value is -1.39. The summed E-state index contributed by atoms with van der Waals surface area (Å²) in [5.74, 6) is 2.97. The van der Waals surface area contributed by atoms with Gasteiger partial charge in [0, 0.05) is 16.9 Å². The molecule has 0 radical (unpaired) electrons. The molecule has 1 heterocycles. The van der Waals surface area contributed by atoms with Crippen molar-refractivity contribution in [1.29, 1.82) is 0 Å². The van der Waals surface area contributed by atoms with Gasteiger partial charge >= 0.3 is 0 Å². The van der Waals surface area contributed by atoms with Crippen LogP contribution in [0, 0.1) is 0 Å². The highest BCUT2D eigenvalue weighted by atomic mass is 35.5. The molecule has 0 saturated heterocycles. The highest BCUT2D eigenvalue weighted by Gasteiger charge is 2.32. The molecule has 0 aliphatic heterocycles. The van der Waals surface area contributed by atoms with E-state index in [-0.39, 0.29) is 6.10 Å². The number of aliphatic hydroxyl groups excluding tert-OH is 1. The van der Waals surface area contributed by atoms with Crippen LogP contribution in [0.1, 0.15) is 62.0 Å². The van der Waals surface area contributed by atoms with Gasteiger partial charge in [-0.3, -0.25) is 0 Å². The van der Waals surface area contributed by atoms with Gasteiger partial charge in [0.1, 0.15) is 5.82 Å². The average molecular weight is 318 g/mol. The van der Waals surface area contributed by atoms with E-state index < -0.39 is 0 Å². The summed E-state index contributed by atoms with van der Waals surface area (Å²) in [6.07, 6.45) is 5.94. The summed E-state index contributed by atoms with van der Waals surface area (Å²) < 4.78 is 1.99. The average Bonchev–Trinajstić information content (AvgIpc) is 3.29. The van der Waals surface area contributed by atoms with E-state index in [4.69, 9.17) is 21.7 Å². The third-order valence-corrected chi connectivity index (χ3v) is 4.98. The van der Waals surface area contributed by atoms with Crippen molar-refractivity contribution < 1.29 is 5.11 Å². The highest BCUT2D eigenvalue weighted by molar-refractivity contribution is 6.30. The maximum Gasteiger partial charge on any atom is 0.154 e. The Balaban J connectivity index is 1.70. The van der Waals surface area contributed by atoms with Crippen molar-refractivity contribution in [2.24, 2.45) is 0 Å². The third-order valence-electron chi connectivity index (χ3n) is 4.72. The van der Waals surface area contributed by atoms with E-state index in [9.17, 15) is 5.11 Å². The molecule has 4 rings (SSSR count). The third kappa shape index (κ3) is 2.77. The predicted molar refractivity (Wildman–Crippen MR) is 85.6 cm³/mol. The van der Waals surface area contributed by atoms with Crippen LogP contribution < -0.4 is 0 Å². The molecule has 5 heteroatoms. The largest absolute Gasteiger partial charge is 0.393 e. The monoisotopic (exact) mass is 317 g/mol. The van der Waals surface area contributed by atoms with E-state index in [0.717, 1.165) is 48.0 Å². The smallest absolute Gasteiger partial charge is 0.154 e. The number of hydrogen-bond acceptors (Lipinski definition) is 3. The van der Waals surface area contributed by atoms with E-state index >= 15 is 0 Å². The van der Waals surface area contributed by atoms with Crippen molar-refractivity contribution >= 4 is 11.6 Å². The predicted octanol–water partition coefficient (Wildman–Crippen LogP) is 3.82. The Morgan fingerprint density at radius 1 is 0.955 bits per heavy atom. The zero-order valence-electron chi connectivity index (χ0n) is 12.5. The molecule has 22 heavy (non-hydrogen) atoms. The molecule has 0 bridgehead atoms. The first-order valence-corrected chi connectivity index (χ1v) is 8.49. The Morgan fingerprint density at radius 2 is 1.59 bits per heavy atom. The van der Waals surface area contributed by atoms with Crippen LogP contribution in [0.25, 0.3) is 5.69 Å². The molecule has 2 aromatic rings. The van der Waals surface area contributed by atoms with Crippen LogP contribution in [0.2, 0.25) is 5.02 Å². The summed E-state index contributed by atoms with van der Waals surface area (Å²) in [7, 11) is 0. The van der Waals surface area contributed by atoms with Crippen LogP contribution in [0.5, 0.6) is 0 Å². The van der Waals surface area contributed by atoms with Crippen molar-refractivity contribution in [1.82, 2.24) is 14.8 Å². The molecule has 2 fully saturated rings. The maximum atomic E-state index is 9.74. The number of hydrogen-bond donors (Lipinski definition) is 1. The lowest BCUT2D eigenvalue weighted by atomic mass is 9.87. The molecule has 2 aliphatic rings. The van der Waals surface area contributed by atoms with Crippen LogP contribution in [0.15, 0.2) is 24.3 Å². The van der Waals surface area contributed by atoms with Crippen LogP contribution >= 0.6 is 11.6 Å². The number of rotatable bonds is 3. The van der Waals surface area contributed by atoms with Crippen molar-refractivity contribution in [3.8, 4) is 5.69 Å². The second-order valence-electron chi connectivity index (χ2n) is 6.50. The van der Waals surface area contributed by atoms with Crippen LogP contribution in [-0.4, -0.2) is 26.0 Å². The molecule has 2 aliphatic carbocycles. The van der Waals surface area contributed by atoms with Crippen LogP contribution in [-0.2, 0) is 0 Å². The summed E-state index contributed by atoms with van der Waals surface area (Å²) in [6, 6.07) is 7.78. The molecule has 1 aromatic carbocycles. The molecule has 1 aromatic heterocycles. The summed E-state index contributed by atoms with van der Waals surface area (Å²) in [5.41, 5.74) is 1.02. The number of nitrogens with zero attached hydrogens (tertiary/aromatic N) is 3. The quantitative estimate of drug-likeness (QED) is 0.936. The minimum absolute atomic E-state index is 0.147. The number of benzene rings is 1. The standard InChI is InChI=1S/C17H20ClN3O/c18-13-5-7-14(8-6-13)21-17(12-3-9-15(22)10-4-12)19-16(20-21)11-1-2-11/h5-8,11-12,15,22H,1-4,9-10H2. The summed E-state index contributed by atoms with van der Waals surface area (Å²) >= 11 is 6.00. The summed E-state index contributed by atoms with van der Waals surface area (Å²) in [5, 5.41) is 15.2. The van der Waals surface area contributed by atoms with Gasteiger partial charge in [0.05, 0.1) is 11.8 Å². The van der Waals surface area contributed by atoms with Crippen molar-refractivity contribution in [2.45, 2.75) is 56.5 Å². The van der Waals surface area contributed by atoms with E-state index in [1.165, 1.54) is 12.8 Å². The molecule has 0 spiro atoms. The lowest BCUT2D eigenvalue weighted by molar-refractivity contribution is 0.121. The van der Waals surface area contributed by atoms with Crippen molar-refractivity contribution in [2.75, 3.05) is 0 Å². The maximum absolute atomic E-state index is 9.74. The number of halogens is 1. The highest BCUT2D eigenvalue weighted by Crippen LogP contribution is 2.40. The molecule has 0 atom stereocenters. The molecular formula is C17H20ClN3O. The molecular weight excluding hydrogens is 298 g/mol. The minimum Gasteiger partial charge on any atom is -0.393 e. The fourth-order valence-electron chi connectivity index (χ4n) is 3.23. The van der Waals surface area contributed by atoms with Gasteiger partial charge in [0.25, 0.3) is 0 Å². The van der Waals surface area contributed by atoms with Crippen molar-refractivity contribution in [3.63, 3.8) is 0 Å². The fourth-order valence-corrected chi connectivity index (χ4v) is 3.35. The van der Waals surface area contributed by atoms with Gasteiger partial charge in [-0.2, -0.15) is 5.10 Å². The lowest BCUT2D eigenvalue weighted by Gasteiger charge is -2.24. The van der Waals surface area contributed by atoms with Crippen molar-refractivity contribution in [3.05, 3.63) is 40.9 Å². The van der Waals surface area contributed by atoms with Gasteiger partial charge in [-0.25, -0.2) is 9.67 Å². The molecule has 0 unspecified atom stereocenters. The van der Waals surface area contributed by atoms with E-state index in [2.05, 4.69) is 0 Å². The summed E-state index contributed by atoms with van der Waals surface area (Å²) in [6.45, 7) is 0. The summed E-state index contributed by atoms with van der Waals surface area (Å²) in [4.78, 5) is 4.86. The molecule has 116 valence electrons. The van der Waals surface area contributed by atoms with Gasteiger partial charge < -0.3 is 5.11 Å². The molecule has 1 N–H and O–H groups in total. The van der Waals surface area contributed by atoms with E-state index in [1.54, 1.807) is 0 Å². The van der Waals surface area contributed by atoms with Crippen LogP contribution in [0.3, 0.4) is 0 Å². The Bertz CT molecular complexity index is 655. The first-order valence-electron chi connectivity index (χ1n) is 8.11. The lowest BCUT2D eigenvalue weighted by Crippen LogP contribution is -2.19. The van der Waals surface area contributed by atoms with Gasteiger partial charge in [-0.15, -0.1) is 0 Å². The normalized spacial score (nSPS) is 25.4. The Morgan fingerprint density at radius 3 is 2.23 bits per heavy atom. The van der Waals surface area contributed by atoms with Gasteiger partial charge in [0.2, 0.25) is 0 Å². The van der Waals surface area contributed by atoms with E-state index in [0.29, 0.717) is 11.8 Å². The Labute approximate surface area is 135 Å². The topological polar surface area (TPSA) is 50.9 Å². The second kappa shape index (κ2) is 5.67. The molecule has 2 saturated carbocycles.